The third-order valence-corrected chi connectivity index (χ3v) is 5.38. The van der Waals surface area contributed by atoms with E-state index in [9.17, 15) is 18.3 Å². The lowest BCUT2D eigenvalue weighted by atomic mass is 10.2. The fourth-order valence-electron chi connectivity index (χ4n) is 2.37. The van der Waals surface area contributed by atoms with Crippen molar-refractivity contribution in [3.05, 3.63) is 88.9 Å². The molecule has 3 aromatic carbocycles. The first-order valence-corrected chi connectivity index (χ1v) is 10.2. The highest BCUT2D eigenvalue weighted by molar-refractivity contribution is 7.92. The van der Waals surface area contributed by atoms with Gasteiger partial charge in [-0.3, -0.25) is 9.52 Å². The van der Waals surface area contributed by atoms with Crippen molar-refractivity contribution in [1.29, 1.82) is 0 Å². The number of anilines is 1. The predicted octanol–water partition coefficient (Wildman–Crippen LogP) is 3.61. The van der Waals surface area contributed by atoms with Crippen molar-refractivity contribution in [1.82, 2.24) is 5.43 Å². The van der Waals surface area contributed by atoms with Crippen LogP contribution in [-0.2, 0) is 10.0 Å². The highest BCUT2D eigenvalue weighted by Crippen LogP contribution is 2.19. The van der Waals surface area contributed by atoms with Crippen LogP contribution < -0.4 is 10.1 Å². The fraction of sp³-hybridized carbons (Fsp3) is 0. The van der Waals surface area contributed by atoms with Crippen molar-refractivity contribution in [2.75, 3.05) is 4.72 Å². The standard InChI is InChI=1S/C20H16ClN3O4S/c21-16-7-9-17(10-8-16)24-29(27,28)19-6-2-4-15(12-19)20(26)23-22-13-14-3-1-5-18(25)11-14/h1-13,24-25H,(H,23,26)/b22-13+. The quantitative estimate of drug-likeness (QED) is 0.411. The van der Waals surface area contributed by atoms with Crippen LogP contribution in [0.5, 0.6) is 5.75 Å². The maximum absolute atomic E-state index is 12.6. The molecule has 0 bridgehead atoms. The third-order valence-electron chi connectivity index (χ3n) is 3.75. The summed E-state index contributed by atoms with van der Waals surface area (Å²) in [4.78, 5) is 12.2. The molecule has 0 spiro atoms. The van der Waals surface area contributed by atoms with E-state index in [4.69, 9.17) is 11.6 Å². The van der Waals surface area contributed by atoms with Gasteiger partial charge in [-0.15, -0.1) is 0 Å². The number of hydrogen-bond donors (Lipinski definition) is 3. The van der Waals surface area contributed by atoms with Crippen molar-refractivity contribution in [2.24, 2.45) is 5.10 Å². The molecule has 0 heterocycles. The molecule has 1 amide bonds. The van der Waals surface area contributed by atoms with Gasteiger partial charge in [0.2, 0.25) is 0 Å². The van der Waals surface area contributed by atoms with Crippen LogP contribution in [0, 0.1) is 0 Å². The van der Waals surface area contributed by atoms with Gasteiger partial charge in [-0.2, -0.15) is 5.10 Å². The predicted molar refractivity (Wildman–Crippen MR) is 112 cm³/mol. The molecule has 3 aromatic rings. The SMILES string of the molecule is O=C(N/N=C/c1cccc(O)c1)c1cccc(S(=O)(=O)Nc2ccc(Cl)cc2)c1. The van der Waals surface area contributed by atoms with Crippen LogP contribution in [0.2, 0.25) is 5.02 Å². The van der Waals surface area contributed by atoms with Gasteiger partial charge in [0.15, 0.2) is 0 Å². The van der Waals surface area contributed by atoms with Crippen LogP contribution in [0.1, 0.15) is 15.9 Å². The molecular weight excluding hydrogens is 414 g/mol. The van der Waals surface area contributed by atoms with Gasteiger partial charge in [0.25, 0.3) is 15.9 Å². The Balaban J connectivity index is 1.72. The zero-order chi connectivity index (χ0) is 20.9. The second-order valence-electron chi connectivity index (χ2n) is 5.93. The molecule has 0 aliphatic carbocycles. The number of rotatable bonds is 6. The summed E-state index contributed by atoms with van der Waals surface area (Å²) in [6, 6.07) is 18.1. The number of hydrogen-bond acceptors (Lipinski definition) is 5. The number of phenolic OH excluding ortho intramolecular Hbond substituents is 1. The zero-order valence-corrected chi connectivity index (χ0v) is 16.5. The average Bonchev–Trinajstić information content (AvgIpc) is 2.70. The second kappa shape index (κ2) is 8.76. The maximum atomic E-state index is 12.6. The first-order chi connectivity index (χ1) is 13.8. The number of nitrogens with zero attached hydrogens (tertiary/aromatic N) is 1. The topological polar surface area (TPSA) is 108 Å². The number of sulfonamides is 1. The molecule has 0 atom stereocenters. The largest absolute Gasteiger partial charge is 0.508 e. The Morgan fingerprint density at radius 2 is 1.72 bits per heavy atom. The minimum absolute atomic E-state index is 0.0722. The van der Waals surface area contributed by atoms with E-state index in [1.54, 1.807) is 24.3 Å². The molecule has 29 heavy (non-hydrogen) atoms. The Hall–Kier alpha value is -3.36. The van der Waals surface area contributed by atoms with E-state index in [0.29, 0.717) is 16.3 Å². The van der Waals surface area contributed by atoms with E-state index in [-0.39, 0.29) is 16.2 Å². The Kier molecular flexibility index (Phi) is 6.16. The van der Waals surface area contributed by atoms with Crippen molar-refractivity contribution >= 4 is 39.4 Å². The van der Waals surface area contributed by atoms with Crippen LogP contribution >= 0.6 is 11.6 Å². The summed E-state index contributed by atoms with van der Waals surface area (Å²) >= 11 is 5.80. The fourth-order valence-corrected chi connectivity index (χ4v) is 3.60. The monoisotopic (exact) mass is 429 g/mol. The first-order valence-electron chi connectivity index (χ1n) is 8.34. The van der Waals surface area contributed by atoms with Gasteiger partial charge >= 0.3 is 0 Å². The van der Waals surface area contributed by atoms with Gasteiger partial charge in [-0.05, 0) is 60.2 Å². The van der Waals surface area contributed by atoms with Gasteiger partial charge in [0.05, 0.1) is 11.1 Å². The lowest BCUT2D eigenvalue weighted by Gasteiger charge is -2.09. The average molecular weight is 430 g/mol. The number of amides is 1. The van der Waals surface area contributed by atoms with E-state index in [0.717, 1.165) is 0 Å². The number of carbonyl (C=O) groups excluding carboxylic acids is 1. The Bertz CT molecular complexity index is 1160. The molecule has 0 radical (unpaired) electrons. The first kappa shape index (κ1) is 20.4. The lowest BCUT2D eigenvalue weighted by molar-refractivity contribution is 0.0955. The van der Waals surface area contributed by atoms with E-state index in [2.05, 4.69) is 15.2 Å². The smallest absolute Gasteiger partial charge is 0.271 e. The van der Waals surface area contributed by atoms with E-state index in [1.165, 1.54) is 54.7 Å². The van der Waals surface area contributed by atoms with Crippen LogP contribution in [0.25, 0.3) is 0 Å². The Morgan fingerprint density at radius 1 is 1.00 bits per heavy atom. The molecule has 148 valence electrons. The molecule has 0 aliphatic rings. The second-order valence-corrected chi connectivity index (χ2v) is 8.05. The number of hydrazone groups is 1. The molecule has 7 nitrogen and oxygen atoms in total. The highest BCUT2D eigenvalue weighted by atomic mass is 35.5. The molecular formula is C20H16ClN3O4S. The number of carbonyl (C=O) groups is 1. The summed E-state index contributed by atoms with van der Waals surface area (Å²) in [5, 5.41) is 13.7. The molecule has 0 aliphatic heterocycles. The molecule has 0 aromatic heterocycles. The summed E-state index contributed by atoms with van der Waals surface area (Å²) in [5.74, 6) is -0.503. The minimum atomic E-state index is -3.89. The lowest BCUT2D eigenvalue weighted by Crippen LogP contribution is -2.19. The van der Waals surface area contributed by atoms with Crippen LogP contribution in [-0.4, -0.2) is 25.6 Å². The van der Waals surface area contributed by atoms with Crippen molar-refractivity contribution in [2.45, 2.75) is 4.90 Å². The van der Waals surface area contributed by atoms with Crippen LogP contribution in [0.15, 0.2) is 82.8 Å². The van der Waals surface area contributed by atoms with E-state index in [1.807, 2.05) is 0 Å². The van der Waals surface area contributed by atoms with Gasteiger partial charge < -0.3 is 5.11 Å². The molecule has 0 unspecified atom stereocenters. The molecule has 0 saturated carbocycles. The third kappa shape index (κ3) is 5.56. The van der Waals surface area contributed by atoms with E-state index < -0.39 is 15.9 Å². The van der Waals surface area contributed by atoms with Crippen molar-refractivity contribution < 1.29 is 18.3 Å². The van der Waals surface area contributed by atoms with Gasteiger partial charge in [0.1, 0.15) is 5.75 Å². The highest BCUT2D eigenvalue weighted by Gasteiger charge is 2.16. The Morgan fingerprint density at radius 3 is 2.45 bits per heavy atom. The summed E-state index contributed by atoms with van der Waals surface area (Å²) in [6.45, 7) is 0. The summed E-state index contributed by atoms with van der Waals surface area (Å²) in [7, 11) is -3.89. The minimum Gasteiger partial charge on any atom is -0.508 e. The normalized spacial score (nSPS) is 11.3. The van der Waals surface area contributed by atoms with Crippen molar-refractivity contribution in [3.8, 4) is 5.75 Å². The van der Waals surface area contributed by atoms with Crippen LogP contribution in [0.3, 0.4) is 0 Å². The molecule has 9 heteroatoms. The van der Waals surface area contributed by atoms with Gasteiger partial charge in [0, 0.05) is 16.3 Å². The van der Waals surface area contributed by atoms with Crippen molar-refractivity contribution in [3.63, 3.8) is 0 Å². The summed E-state index contributed by atoms with van der Waals surface area (Å²) in [6.07, 6.45) is 1.36. The molecule has 3 rings (SSSR count). The number of nitrogens with one attached hydrogen (secondary N) is 2. The molecule has 3 N–H and O–H groups in total. The van der Waals surface area contributed by atoms with Crippen LogP contribution in [0.4, 0.5) is 5.69 Å². The number of halogens is 1. The van der Waals surface area contributed by atoms with Gasteiger partial charge in [-0.1, -0.05) is 29.8 Å². The number of benzene rings is 3. The number of phenols is 1. The zero-order valence-electron chi connectivity index (χ0n) is 14.9. The van der Waals surface area contributed by atoms with E-state index >= 15 is 0 Å². The summed E-state index contributed by atoms with van der Waals surface area (Å²) < 4.78 is 27.6. The molecule has 0 fully saturated rings. The molecule has 0 saturated heterocycles. The maximum Gasteiger partial charge on any atom is 0.271 e. The Labute approximate surface area is 172 Å². The van der Waals surface area contributed by atoms with Gasteiger partial charge in [-0.25, -0.2) is 13.8 Å². The number of aromatic hydroxyl groups is 1. The summed E-state index contributed by atoms with van der Waals surface area (Å²) in [5.41, 5.74) is 3.38.